The van der Waals surface area contributed by atoms with Gasteiger partial charge in [0, 0.05) is 23.7 Å². The van der Waals surface area contributed by atoms with Gasteiger partial charge in [-0.1, -0.05) is 36.4 Å². The monoisotopic (exact) mass is 602 g/mol. The maximum absolute atomic E-state index is 5.00. The first-order valence-electron chi connectivity index (χ1n) is 9.40. The summed E-state index contributed by atoms with van der Waals surface area (Å²) in [5, 5.41) is 0. The number of nitrogens with zero attached hydrogens (tertiary/aromatic N) is 2. The number of aromatic nitrogens is 2. The maximum atomic E-state index is 5.00. The van der Waals surface area contributed by atoms with Gasteiger partial charge in [-0.3, -0.25) is 9.97 Å². The summed E-state index contributed by atoms with van der Waals surface area (Å²) in [4.78, 5) is 10.0. The van der Waals surface area contributed by atoms with Crippen LogP contribution in [-0.4, -0.2) is 9.97 Å². The summed E-state index contributed by atoms with van der Waals surface area (Å²) < 4.78 is 2.41. The van der Waals surface area contributed by atoms with Crippen molar-refractivity contribution in [2.75, 3.05) is 0 Å². The lowest BCUT2D eigenvalue weighted by molar-refractivity contribution is 0.597. The van der Waals surface area contributed by atoms with E-state index in [-0.39, 0.29) is 5.41 Å². The van der Waals surface area contributed by atoms with Gasteiger partial charge >= 0.3 is 0 Å². The van der Waals surface area contributed by atoms with Crippen molar-refractivity contribution < 1.29 is 0 Å². The molecular weight excluding hydrogens is 582 g/mol. The van der Waals surface area contributed by atoms with Crippen LogP contribution in [0.3, 0.4) is 0 Å². The van der Waals surface area contributed by atoms with Crippen LogP contribution in [0.15, 0.2) is 84.9 Å². The molecule has 0 amide bonds. The highest BCUT2D eigenvalue weighted by Gasteiger charge is 2.27. The van der Waals surface area contributed by atoms with Crippen molar-refractivity contribution in [1.82, 2.24) is 9.97 Å². The molecule has 4 rings (SSSR count). The molecule has 2 nitrogen and oxygen atoms in total. The van der Waals surface area contributed by atoms with Crippen molar-refractivity contribution in [1.29, 1.82) is 0 Å². The van der Waals surface area contributed by atoms with E-state index in [1.807, 2.05) is 0 Å². The molecule has 0 radical (unpaired) electrons. The lowest BCUT2D eigenvalue weighted by Crippen LogP contribution is -2.22. The Balaban J connectivity index is 1.74. The van der Waals surface area contributed by atoms with E-state index in [1.54, 1.807) is 0 Å². The van der Waals surface area contributed by atoms with Crippen molar-refractivity contribution in [3.8, 4) is 22.5 Å². The fourth-order valence-corrected chi connectivity index (χ4v) is 4.40. The lowest BCUT2D eigenvalue weighted by Gasteiger charge is -2.25. The first-order valence-corrected chi connectivity index (χ1v) is 11.6. The van der Waals surface area contributed by atoms with E-state index in [9.17, 15) is 0 Å². The standard InChI is InChI=1S/C25H20I2N2/c1-25(2,23-13-5-11-21(28-23)17-7-3-9-19(26)15-17)24-14-6-12-22(29-24)18-8-4-10-20(27)16-18/h3-16H,1-2H3. The number of pyridine rings is 2. The molecule has 29 heavy (non-hydrogen) atoms. The number of hydrogen-bond donors (Lipinski definition) is 0. The zero-order valence-electron chi connectivity index (χ0n) is 16.2. The zero-order chi connectivity index (χ0) is 20.4. The van der Waals surface area contributed by atoms with Gasteiger partial charge in [-0.05, 0) is 108 Å². The Morgan fingerprint density at radius 2 is 1.00 bits per heavy atom. The van der Waals surface area contributed by atoms with Crippen molar-refractivity contribution in [2.24, 2.45) is 0 Å². The molecule has 0 aliphatic rings. The van der Waals surface area contributed by atoms with Gasteiger partial charge in [0.25, 0.3) is 0 Å². The molecule has 0 atom stereocenters. The van der Waals surface area contributed by atoms with E-state index in [2.05, 4.69) is 144 Å². The Labute approximate surface area is 199 Å². The first-order chi connectivity index (χ1) is 13.9. The predicted octanol–water partition coefficient (Wildman–Crippen LogP) is 7.35. The summed E-state index contributed by atoms with van der Waals surface area (Å²) in [6, 6.07) is 29.4. The molecule has 0 saturated carbocycles. The van der Waals surface area contributed by atoms with Gasteiger partial charge in [0.2, 0.25) is 0 Å². The minimum Gasteiger partial charge on any atom is -0.252 e. The number of halogens is 2. The Bertz CT molecular complexity index is 1080. The quantitative estimate of drug-likeness (QED) is 0.229. The second-order valence-electron chi connectivity index (χ2n) is 7.46. The number of hydrogen-bond acceptors (Lipinski definition) is 2. The van der Waals surface area contributed by atoms with Crippen LogP contribution < -0.4 is 0 Å². The molecule has 0 fully saturated rings. The third kappa shape index (κ3) is 4.53. The third-order valence-corrected chi connectivity index (χ3v) is 6.36. The normalized spacial score (nSPS) is 11.4. The summed E-state index contributed by atoms with van der Waals surface area (Å²) in [6.07, 6.45) is 0. The summed E-state index contributed by atoms with van der Waals surface area (Å²) in [5.41, 5.74) is 5.97. The second kappa shape index (κ2) is 8.52. The Morgan fingerprint density at radius 3 is 1.41 bits per heavy atom. The highest BCUT2D eigenvalue weighted by Crippen LogP contribution is 2.32. The molecule has 0 saturated heterocycles. The molecule has 2 heterocycles. The molecule has 144 valence electrons. The zero-order valence-corrected chi connectivity index (χ0v) is 20.5. The molecule has 0 N–H and O–H groups in total. The molecule has 2 aromatic carbocycles. The number of benzene rings is 2. The van der Waals surface area contributed by atoms with E-state index in [0.29, 0.717) is 0 Å². The first kappa shape index (κ1) is 20.5. The summed E-state index contributed by atoms with van der Waals surface area (Å²) >= 11 is 4.68. The van der Waals surface area contributed by atoms with Gasteiger partial charge < -0.3 is 0 Å². The van der Waals surface area contributed by atoms with Crippen LogP contribution in [0.2, 0.25) is 0 Å². The van der Waals surface area contributed by atoms with E-state index in [0.717, 1.165) is 33.9 Å². The minimum atomic E-state index is -0.310. The van der Waals surface area contributed by atoms with Crippen LogP contribution in [0.5, 0.6) is 0 Å². The molecule has 0 bridgehead atoms. The summed E-state index contributed by atoms with van der Waals surface area (Å²) in [6.45, 7) is 4.38. The van der Waals surface area contributed by atoms with Crippen LogP contribution >= 0.6 is 45.2 Å². The van der Waals surface area contributed by atoms with E-state index in [4.69, 9.17) is 9.97 Å². The summed E-state index contributed by atoms with van der Waals surface area (Å²) in [7, 11) is 0. The Morgan fingerprint density at radius 1 is 0.586 bits per heavy atom. The van der Waals surface area contributed by atoms with E-state index in [1.165, 1.54) is 7.14 Å². The molecule has 4 heteroatoms. The van der Waals surface area contributed by atoms with Gasteiger partial charge in [0.1, 0.15) is 0 Å². The maximum Gasteiger partial charge on any atom is 0.0706 e. The van der Waals surface area contributed by atoms with Gasteiger partial charge in [0.15, 0.2) is 0 Å². The molecule has 0 spiro atoms. The second-order valence-corrected chi connectivity index (χ2v) is 9.95. The molecule has 4 aromatic rings. The molecular formula is C25H20I2N2. The average Bonchev–Trinajstić information content (AvgIpc) is 2.74. The van der Waals surface area contributed by atoms with Gasteiger partial charge in [-0.2, -0.15) is 0 Å². The van der Waals surface area contributed by atoms with E-state index >= 15 is 0 Å². The van der Waals surface area contributed by atoms with Gasteiger partial charge in [-0.25, -0.2) is 0 Å². The van der Waals surface area contributed by atoms with E-state index < -0.39 is 0 Å². The van der Waals surface area contributed by atoms with Crippen LogP contribution in [-0.2, 0) is 5.41 Å². The van der Waals surface area contributed by atoms with Crippen LogP contribution in [0.4, 0.5) is 0 Å². The van der Waals surface area contributed by atoms with Crippen molar-refractivity contribution in [3.63, 3.8) is 0 Å². The SMILES string of the molecule is CC(C)(c1cccc(-c2cccc(I)c2)n1)c1cccc(-c2cccc(I)c2)n1. The molecule has 0 aliphatic carbocycles. The molecule has 0 aliphatic heterocycles. The van der Waals surface area contributed by atoms with Gasteiger partial charge in [-0.15, -0.1) is 0 Å². The van der Waals surface area contributed by atoms with Crippen LogP contribution in [0.25, 0.3) is 22.5 Å². The fraction of sp³-hybridized carbons (Fsp3) is 0.120. The fourth-order valence-electron chi connectivity index (χ4n) is 3.31. The topological polar surface area (TPSA) is 25.8 Å². The highest BCUT2D eigenvalue weighted by molar-refractivity contribution is 14.1. The molecule has 0 unspecified atom stereocenters. The number of rotatable bonds is 4. The minimum absolute atomic E-state index is 0.310. The molecule has 2 aromatic heterocycles. The Kier molecular flexibility index (Phi) is 6.01. The summed E-state index contributed by atoms with van der Waals surface area (Å²) in [5.74, 6) is 0. The largest absolute Gasteiger partial charge is 0.252 e. The highest BCUT2D eigenvalue weighted by atomic mass is 127. The van der Waals surface area contributed by atoms with Crippen LogP contribution in [0, 0.1) is 7.14 Å². The predicted molar refractivity (Wildman–Crippen MR) is 137 cm³/mol. The van der Waals surface area contributed by atoms with Crippen LogP contribution in [0.1, 0.15) is 25.2 Å². The average molecular weight is 602 g/mol. The smallest absolute Gasteiger partial charge is 0.0706 e. The van der Waals surface area contributed by atoms with Gasteiger partial charge in [0.05, 0.1) is 22.8 Å². The van der Waals surface area contributed by atoms with Crippen molar-refractivity contribution in [2.45, 2.75) is 19.3 Å². The lowest BCUT2D eigenvalue weighted by atomic mass is 9.84. The third-order valence-electron chi connectivity index (χ3n) is 5.02. The Hall–Kier alpha value is -1.80. The van der Waals surface area contributed by atoms with Crippen molar-refractivity contribution >= 4 is 45.2 Å². The van der Waals surface area contributed by atoms with Crippen molar-refractivity contribution in [3.05, 3.63) is 103 Å².